The zero-order chi connectivity index (χ0) is 22.2. The lowest BCUT2D eigenvalue weighted by molar-refractivity contribution is -0.126. The maximum Gasteiger partial charge on any atom is 0.241 e. The molecule has 170 valence electrons. The van der Waals surface area contributed by atoms with Crippen LogP contribution in [0.2, 0.25) is 0 Å². The number of likely N-dealkylation sites (tertiary alicyclic amines) is 1. The lowest BCUT2D eigenvalue weighted by atomic mass is 9.97. The Morgan fingerprint density at radius 2 is 2.22 bits per heavy atom. The molecule has 0 bridgehead atoms. The normalized spacial score (nSPS) is 16.7. The highest BCUT2D eigenvalue weighted by Crippen LogP contribution is 2.23. The lowest BCUT2D eigenvalue weighted by Gasteiger charge is -2.30. The van der Waals surface area contributed by atoms with Crippen LogP contribution in [-0.2, 0) is 17.8 Å². The van der Waals surface area contributed by atoms with Crippen molar-refractivity contribution >= 4 is 17.2 Å². The minimum atomic E-state index is -0.000788. The summed E-state index contributed by atoms with van der Waals surface area (Å²) >= 11 is 1.59. The molecule has 0 saturated carbocycles. The van der Waals surface area contributed by atoms with Gasteiger partial charge in [-0.15, -0.1) is 11.3 Å². The lowest BCUT2D eigenvalue weighted by Crippen LogP contribution is -2.43. The Balaban J connectivity index is 1.22. The molecule has 1 fully saturated rings. The van der Waals surface area contributed by atoms with Crippen molar-refractivity contribution in [2.75, 3.05) is 26.2 Å². The maximum atomic E-state index is 12.7. The number of ether oxygens (including phenoxy) is 1. The van der Waals surface area contributed by atoms with Gasteiger partial charge < -0.3 is 14.6 Å². The smallest absolute Gasteiger partial charge is 0.241 e. The van der Waals surface area contributed by atoms with Gasteiger partial charge in [0, 0.05) is 13.1 Å². The Morgan fingerprint density at radius 3 is 3.06 bits per heavy atom. The Hall–Kier alpha value is -2.71. The van der Waals surface area contributed by atoms with Gasteiger partial charge in [0.05, 0.1) is 23.9 Å². The van der Waals surface area contributed by atoms with Gasteiger partial charge in [-0.1, -0.05) is 29.4 Å². The summed E-state index contributed by atoms with van der Waals surface area (Å²) in [5.41, 5.74) is 1.19. The Kier molecular flexibility index (Phi) is 7.90. The van der Waals surface area contributed by atoms with Crippen LogP contribution in [0.15, 0.2) is 46.3 Å². The minimum Gasteiger partial charge on any atom is -0.494 e. The van der Waals surface area contributed by atoms with Crippen LogP contribution in [0.25, 0.3) is 10.7 Å². The van der Waals surface area contributed by atoms with Crippen LogP contribution in [0.4, 0.5) is 0 Å². The molecule has 32 heavy (non-hydrogen) atoms. The van der Waals surface area contributed by atoms with E-state index < -0.39 is 0 Å². The molecule has 3 heterocycles. The third kappa shape index (κ3) is 5.95. The summed E-state index contributed by atoms with van der Waals surface area (Å²) in [5.74, 6) is 2.30. The number of hydrogen-bond donors (Lipinski definition) is 1. The number of thiophene rings is 1. The fourth-order valence-corrected chi connectivity index (χ4v) is 4.72. The number of aromatic nitrogens is 2. The van der Waals surface area contributed by atoms with Crippen molar-refractivity contribution in [3.8, 4) is 16.5 Å². The molecular formula is C24H30N4O3S. The first-order valence-corrected chi connectivity index (χ1v) is 12.2. The van der Waals surface area contributed by atoms with E-state index in [1.165, 1.54) is 5.56 Å². The van der Waals surface area contributed by atoms with E-state index in [1.807, 2.05) is 42.6 Å². The fourth-order valence-electron chi connectivity index (χ4n) is 4.07. The van der Waals surface area contributed by atoms with E-state index in [4.69, 9.17) is 9.26 Å². The quantitative estimate of drug-likeness (QED) is 0.464. The summed E-state index contributed by atoms with van der Waals surface area (Å²) in [4.78, 5) is 20.5. The second kappa shape index (κ2) is 11.2. The van der Waals surface area contributed by atoms with Gasteiger partial charge in [0.2, 0.25) is 17.6 Å². The summed E-state index contributed by atoms with van der Waals surface area (Å²) in [6.45, 7) is 5.56. The molecule has 1 saturated heterocycles. The highest BCUT2D eigenvalue weighted by Gasteiger charge is 2.26. The van der Waals surface area contributed by atoms with Crippen LogP contribution in [-0.4, -0.2) is 47.2 Å². The molecule has 1 amide bonds. The van der Waals surface area contributed by atoms with E-state index >= 15 is 0 Å². The standard InChI is InChI=1S/C24H30N4O3S/c1-2-30-20-11-4-3-8-18(20)9-5-13-25-24(29)19-10-6-14-28(16-19)17-22-26-23(27-31-22)21-12-7-15-32-21/h3-4,7-8,11-12,15,19H,2,5-6,9-10,13-14,16-17H2,1H3,(H,25,29). The summed E-state index contributed by atoms with van der Waals surface area (Å²) in [5, 5.41) is 9.20. The summed E-state index contributed by atoms with van der Waals surface area (Å²) < 4.78 is 11.1. The number of para-hydroxylation sites is 1. The molecule has 0 spiro atoms. The van der Waals surface area contributed by atoms with Crippen molar-refractivity contribution in [1.29, 1.82) is 0 Å². The number of benzene rings is 1. The van der Waals surface area contributed by atoms with Crippen molar-refractivity contribution in [2.24, 2.45) is 5.92 Å². The molecule has 1 unspecified atom stereocenters. The fraction of sp³-hybridized carbons (Fsp3) is 0.458. The Labute approximate surface area is 192 Å². The van der Waals surface area contributed by atoms with Crippen molar-refractivity contribution in [3.05, 3.63) is 53.2 Å². The molecule has 0 aliphatic carbocycles. The molecule has 8 heteroatoms. The highest BCUT2D eigenvalue weighted by atomic mass is 32.1. The highest BCUT2D eigenvalue weighted by molar-refractivity contribution is 7.13. The topological polar surface area (TPSA) is 80.5 Å². The maximum absolute atomic E-state index is 12.7. The van der Waals surface area contributed by atoms with E-state index in [2.05, 4.69) is 26.4 Å². The molecule has 2 aromatic heterocycles. The van der Waals surface area contributed by atoms with Gasteiger partial charge in [0.25, 0.3) is 0 Å². The zero-order valence-corrected chi connectivity index (χ0v) is 19.3. The van der Waals surface area contributed by atoms with Crippen molar-refractivity contribution in [1.82, 2.24) is 20.4 Å². The first-order valence-electron chi connectivity index (χ1n) is 11.3. The number of aryl methyl sites for hydroxylation is 1. The molecule has 3 aromatic rings. The molecule has 1 aliphatic rings. The number of hydrogen-bond acceptors (Lipinski definition) is 7. The van der Waals surface area contributed by atoms with Crippen LogP contribution in [0, 0.1) is 5.92 Å². The molecule has 1 aromatic carbocycles. The van der Waals surface area contributed by atoms with E-state index in [1.54, 1.807) is 11.3 Å². The number of nitrogens with one attached hydrogen (secondary N) is 1. The van der Waals surface area contributed by atoms with Crippen molar-refractivity contribution in [3.63, 3.8) is 0 Å². The average Bonchev–Trinajstić information content (AvgIpc) is 3.50. The third-order valence-electron chi connectivity index (χ3n) is 5.64. The van der Waals surface area contributed by atoms with Crippen LogP contribution < -0.4 is 10.1 Å². The van der Waals surface area contributed by atoms with Gasteiger partial charge in [0.1, 0.15) is 5.75 Å². The van der Waals surface area contributed by atoms with Gasteiger partial charge in [-0.3, -0.25) is 9.69 Å². The van der Waals surface area contributed by atoms with E-state index in [0.29, 0.717) is 31.4 Å². The molecular weight excluding hydrogens is 424 g/mol. The zero-order valence-electron chi connectivity index (χ0n) is 18.5. The van der Waals surface area contributed by atoms with Crippen LogP contribution in [0.5, 0.6) is 5.75 Å². The summed E-state index contributed by atoms with van der Waals surface area (Å²) in [7, 11) is 0. The third-order valence-corrected chi connectivity index (χ3v) is 6.51. The molecule has 0 radical (unpaired) electrons. The molecule has 1 N–H and O–H groups in total. The monoisotopic (exact) mass is 454 g/mol. The van der Waals surface area contributed by atoms with Gasteiger partial charge in [0.15, 0.2) is 0 Å². The predicted molar refractivity (Wildman–Crippen MR) is 125 cm³/mol. The van der Waals surface area contributed by atoms with E-state index in [-0.39, 0.29) is 11.8 Å². The number of carbonyl (C=O) groups is 1. The van der Waals surface area contributed by atoms with Gasteiger partial charge in [-0.2, -0.15) is 4.98 Å². The van der Waals surface area contributed by atoms with Crippen molar-refractivity contribution < 1.29 is 14.1 Å². The minimum absolute atomic E-state index is 0.000788. The molecule has 1 aliphatic heterocycles. The summed E-state index contributed by atoms with van der Waals surface area (Å²) in [6, 6.07) is 12.1. The number of piperidine rings is 1. The van der Waals surface area contributed by atoms with Gasteiger partial charge >= 0.3 is 0 Å². The van der Waals surface area contributed by atoms with E-state index in [9.17, 15) is 4.79 Å². The van der Waals surface area contributed by atoms with Crippen LogP contribution in [0.3, 0.4) is 0 Å². The second-order valence-corrected chi connectivity index (χ2v) is 8.95. The van der Waals surface area contributed by atoms with Gasteiger partial charge in [-0.05, 0) is 62.2 Å². The van der Waals surface area contributed by atoms with Crippen molar-refractivity contribution in [2.45, 2.75) is 39.2 Å². The van der Waals surface area contributed by atoms with E-state index in [0.717, 1.165) is 49.4 Å². The number of carbonyl (C=O) groups excluding carboxylic acids is 1. The largest absolute Gasteiger partial charge is 0.494 e. The number of nitrogens with zero attached hydrogens (tertiary/aromatic N) is 3. The Bertz CT molecular complexity index is 989. The van der Waals surface area contributed by atoms with Gasteiger partial charge in [-0.25, -0.2) is 0 Å². The predicted octanol–water partition coefficient (Wildman–Crippen LogP) is 4.16. The average molecular weight is 455 g/mol. The second-order valence-electron chi connectivity index (χ2n) is 8.00. The molecule has 1 atom stereocenters. The van der Waals surface area contributed by atoms with Crippen LogP contribution >= 0.6 is 11.3 Å². The number of rotatable bonds is 10. The summed E-state index contributed by atoms with van der Waals surface area (Å²) in [6.07, 6.45) is 3.68. The number of amides is 1. The SMILES string of the molecule is CCOc1ccccc1CCCNC(=O)C1CCCN(Cc2nc(-c3cccs3)no2)C1. The molecule has 7 nitrogen and oxygen atoms in total. The molecule has 4 rings (SSSR count). The Morgan fingerprint density at radius 1 is 1.31 bits per heavy atom. The first kappa shape index (κ1) is 22.5. The first-order chi connectivity index (χ1) is 15.7. The van der Waals surface area contributed by atoms with Crippen LogP contribution in [0.1, 0.15) is 37.6 Å².